The lowest BCUT2D eigenvalue weighted by molar-refractivity contribution is -0.0247. The molecule has 2 atom stereocenters. The minimum atomic E-state index is -1.08. The number of hydrogen-bond donors (Lipinski definition) is 2. The van der Waals surface area contributed by atoms with Gasteiger partial charge < -0.3 is 19.7 Å². The van der Waals surface area contributed by atoms with Crippen molar-refractivity contribution in [3.8, 4) is 0 Å². The number of carbonyl (C=O) groups excluding carboxylic acids is 1. The first-order valence-electron chi connectivity index (χ1n) is 9.82. The highest BCUT2D eigenvalue weighted by atomic mass is 79.9. The molecule has 0 saturated carbocycles. The molecule has 2 aromatic rings. The second-order valence-electron chi connectivity index (χ2n) is 8.03. The average Bonchev–Trinajstić information content (AvgIpc) is 2.68. The van der Waals surface area contributed by atoms with Crippen molar-refractivity contribution in [1.82, 2.24) is 9.88 Å². The monoisotopic (exact) mass is 514 g/mol. The van der Waals surface area contributed by atoms with Gasteiger partial charge >= 0.3 is 6.09 Å². The summed E-state index contributed by atoms with van der Waals surface area (Å²) < 4.78 is 11.7. The molecule has 1 aromatic heterocycles. The van der Waals surface area contributed by atoms with E-state index in [1.54, 1.807) is 26.8 Å². The molecule has 31 heavy (non-hydrogen) atoms. The fourth-order valence-electron chi connectivity index (χ4n) is 2.79. The lowest BCUT2D eigenvalue weighted by Gasteiger charge is -2.34. The van der Waals surface area contributed by atoms with E-state index in [1.165, 1.54) is 11.0 Å². The minimum absolute atomic E-state index is 0.0676. The Labute approximate surface area is 196 Å². The predicted octanol–water partition coefficient (Wildman–Crippen LogP) is 4.35. The van der Waals surface area contributed by atoms with E-state index in [9.17, 15) is 15.0 Å². The third kappa shape index (κ3) is 8.74. The fourth-order valence-corrected chi connectivity index (χ4v) is 3.56. The van der Waals surface area contributed by atoms with Crippen molar-refractivity contribution in [3.63, 3.8) is 0 Å². The van der Waals surface area contributed by atoms with Crippen molar-refractivity contribution in [3.05, 3.63) is 63.3 Å². The van der Waals surface area contributed by atoms with Gasteiger partial charge in [-0.15, -0.1) is 0 Å². The van der Waals surface area contributed by atoms with Crippen LogP contribution in [0.3, 0.4) is 0 Å². The molecule has 1 heterocycles. The summed E-state index contributed by atoms with van der Waals surface area (Å²) in [6, 6.07) is 12.0. The van der Waals surface area contributed by atoms with Crippen LogP contribution in [0, 0.1) is 0 Å². The Kier molecular flexibility index (Phi) is 9.71. The Morgan fingerprint density at radius 3 is 2.52 bits per heavy atom. The summed E-state index contributed by atoms with van der Waals surface area (Å²) in [5, 5.41) is 20.9. The molecule has 0 saturated heterocycles. The second kappa shape index (κ2) is 11.8. The molecular formula is C22H28BrClN2O5. The Bertz CT molecular complexity index is 827. The van der Waals surface area contributed by atoms with E-state index in [0.29, 0.717) is 16.8 Å². The number of hydrogen-bond acceptors (Lipinski definition) is 6. The van der Waals surface area contributed by atoms with Gasteiger partial charge in [-0.2, -0.15) is 0 Å². The van der Waals surface area contributed by atoms with Crippen molar-refractivity contribution in [1.29, 1.82) is 0 Å². The standard InChI is InChI=1S/C22H28BrClN2O5/c1-22(2,3)31-21(29)26(11-18(28)16-9-19(23)25-20(24)10-16)17(12-27)14-30-13-15-7-5-4-6-8-15/h4-10,17-18,27-28H,11-14H2,1-3H3/t17-,18?/m1/s1. The lowest BCUT2D eigenvalue weighted by atomic mass is 10.1. The lowest BCUT2D eigenvalue weighted by Crippen LogP contribution is -2.49. The Balaban J connectivity index is 2.15. The quantitative estimate of drug-likeness (QED) is 0.483. The molecule has 0 spiro atoms. The molecule has 9 heteroatoms. The molecule has 2 rings (SSSR count). The molecule has 170 valence electrons. The summed E-state index contributed by atoms with van der Waals surface area (Å²) in [7, 11) is 0. The molecule has 2 N–H and O–H groups in total. The number of ether oxygens (including phenoxy) is 2. The van der Waals surface area contributed by atoms with Crippen LogP contribution in [0.15, 0.2) is 47.1 Å². The third-order valence-corrected chi connectivity index (χ3v) is 4.84. The van der Waals surface area contributed by atoms with Gasteiger partial charge in [-0.1, -0.05) is 41.9 Å². The first-order valence-corrected chi connectivity index (χ1v) is 11.0. The van der Waals surface area contributed by atoms with E-state index in [0.717, 1.165) is 5.56 Å². The Morgan fingerprint density at radius 1 is 1.26 bits per heavy atom. The van der Waals surface area contributed by atoms with Gasteiger partial charge in [-0.3, -0.25) is 4.90 Å². The van der Waals surface area contributed by atoms with E-state index < -0.39 is 23.8 Å². The summed E-state index contributed by atoms with van der Waals surface area (Å²) in [4.78, 5) is 18.2. The van der Waals surface area contributed by atoms with Crippen LogP contribution in [0.5, 0.6) is 0 Å². The fraction of sp³-hybridized carbons (Fsp3) is 0.455. The number of aliphatic hydroxyl groups excluding tert-OH is 2. The summed E-state index contributed by atoms with van der Waals surface area (Å²) in [6.45, 7) is 5.16. The molecule has 0 fully saturated rings. The number of nitrogens with zero attached hydrogens (tertiary/aromatic N) is 2. The molecule has 1 aromatic carbocycles. The van der Waals surface area contributed by atoms with E-state index in [1.807, 2.05) is 30.3 Å². The van der Waals surface area contributed by atoms with Gasteiger partial charge in [-0.05, 0) is 60.0 Å². The number of halogens is 2. The number of pyridine rings is 1. The van der Waals surface area contributed by atoms with Crippen molar-refractivity contribution < 1.29 is 24.5 Å². The van der Waals surface area contributed by atoms with Crippen molar-refractivity contribution in [2.75, 3.05) is 19.8 Å². The van der Waals surface area contributed by atoms with E-state index in [-0.39, 0.29) is 24.9 Å². The molecule has 7 nitrogen and oxygen atoms in total. The summed E-state index contributed by atoms with van der Waals surface area (Å²) in [5.41, 5.74) is 0.704. The van der Waals surface area contributed by atoms with Crippen molar-refractivity contribution >= 4 is 33.6 Å². The van der Waals surface area contributed by atoms with Crippen LogP contribution in [-0.4, -0.2) is 57.6 Å². The number of benzene rings is 1. The van der Waals surface area contributed by atoms with Crippen LogP contribution in [0.2, 0.25) is 5.15 Å². The highest BCUT2D eigenvalue weighted by Crippen LogP contribution is 2.23. The van der Waals surface area contributed by atoms with Gasteiger partial charge in [0.05, 0.1) is 38.5 Å². The van der Waals surface area contributed by atoms with Crippen LogP contribution < -0.4 is 0 Å². The third-order valence-electron chi connectivity index (χ3n) is 4.24. The van der Waals surface area contributed by atoms with Crippen LogP contribution in [0.4, 0.5) is 4.79 Å². The van der Waals surface area contributed by atoms with Gasteiger partial charge in [0.15, 0.2) is 0 Å². The summed E-state index contributed by atoms with van der Waals surface area (Å²) in [5.74, 6) is 0. The molecule has 0 aliphatic heterocycles. The molecule has 0 bridgehead atoms. The second-order valence-corrected chi connectivity index (χ2v) is 9.23. The molecule has 1 amide bonds. The average molecular weight is 516 g/mol. The van der Waals surface area contributed by atoms with Crippen LogP contribution in [-0.2, 0) is 16.1 Å². The van der Waals surface area contributed by atoms with Crippen LogP contribution in [0.25, 0.3) is 0 Å². The normalized spacial score (nSPS) is 13.5. The van der Waals surface area contributed by atoms with Crippen molar-refractivity contribution in [2.45, 2.75) is 45.1 Å². The summed E-state index contributed by atoms with van der Waals surface area (Å²) >= 11 is 9.22. The number of amides is 1. The molecular weight excluding hydrogens is 488 g/mol. The van der Waals surface area contributed by atoms with Gasteiger partial charge in [0.25, 0.3) is 0 Å². The van der Waals surface area contributed by atoms with Crippen molar-refractivity contribution in [2.24, 2.45) is 0 Å². The maximum absolute atomic E-state index is 12.9. The van der Waals surface area contributed by atoms with Gasteiger partial charge in [0.1, 0.15) is 15.4 Å². The minimum Gasteiger partial charge on any atom is -0.444 e. The molecule has 0 aliphatic rings. The largest absolute Gasteiger partial charge is 0.444 e. The highest BCUT2D eigenvalue weighted by Gasteiger charge is 2.30. The van der Waals surface area contributed by atoms with Gasteiger partial charge in [0, 0.05) is 0 Å². The smallest absolute Gasteiger partial charge is 0.410 e. The van der Waals surface area contributed by atoms with Crippen LogP contribution in [0.1, 0.15) is 38.0 Å². The first kappa shape index (κ1) is 25.5. The first-order chi connectivity index (χ1) is 14.6. The number of aliphatic hydroxyl groups is 2. The maximum atomic E-state index is 12.9. The van der Waals surface area contributed by atoms with E-state index in [2.05, 4.69) is 20.9 Å². The van der Waals surface area contributed by atoms with E-state index in [4.69, 9.17) is 21.1 Å². The topological polar surface area (TPSA) is 92.1 Å². The van der Waals surface area contributed by atoms with Gasteiger partial charge in [-0.25, -0.2) is 9.78 Å². The van der Waals surface area contributed by atoms with Crippen LogP contribution >= 0.6 is 27.5 Å². The summed E-state index contributed by atoms with van der Waals surface area (Å²) in [6.07, 6.45) is -1.74. The van der Waals surface area contributed by atoms with Gasteiger partial charge in [0.2, 0.25) is 0 Å². The zero-order valence-electron chi connectivity index (χ0n) is 17.8. The molecule has 0 radical (unpaired) electrons. The van der Waals surface area contributed by atoms with E-state index >= 15 is 0 Å². The zero-order chi connectivity index (χ0) is 23.0. The number of rotatable bonds is 9. The Hall–Kier alpha value is -1.71. The number of aromatic nitrogens is 1. The maximum Gasteiger partial charge on any atom is 0.410 e. The SMILES string of the molecule is CC(C)(C)OC(=O)N(CC(O)c1cc(Cl)nc(Br)c1)[C@H](CO)COCc1ccccc1. The molecule has 1 unspecified atom stereocenters. The Morgan fingerprint density at radius 2 is 1.94 bits per heavy atom. The predicted molar refractivity (Wildman–Crippen MR) is 122 cm³/mol. The zero-order valence-corrected chi connectivity index (χ0v) is 20.1. The number of carbonyl (C=O) groups is 1. The molecule has 0 aliphatic carbocycles. The highest BCUT2D eigenvalue weighted by molar-refractivity contribution is 9.10.